The first-order valence-electron chi connectivity index (χ1n) is 6.81. The predicted molar refractivity (Wildman–Crippen MR) is 81.3 cm³/mol. The lowest BCUT2D eigenvalue weighted by molar-refractivity contribution is 0.545. The van der Waals surface area contributed by atoms with Gasteiger partial charge in [0.05, 0.1) is 0 Å². The third-order valence-electron chi connectivity index (χ3n) is 2.78. The third-order valence-corrected chi connectivity index (χ3v) is 6.00. The van der Waals surface area contributed by atoms with Crippen LogP contribution in [0.1, 0.15) is 38.5 Å². The number of hydrogen-bond acceptors (Lipinski definition) is 4. The van der Waals surface area contributed by atoms with Crippen molar-refractivity contribution in [3.05, 3.63) is 17.0 Å². The number of sulfonamides is 1. The first-order chi connectivity index (χ1) is 8.99. The van der Waals surface area contributed by atoms with Gasteiger partial charge in [-0.3, -0.25) is 0 Å². The zero-order chi connectivity index (χ0) is 14.3. The molecule has 2 N–H and O–H groups in total. The van der Waals surface area contributed by atoms with Crippen molar-refractivity contribution in [1.29, 1.82) is 0 Å². The van der Waals surface area contributed by atoms with Crippen LogP contribution in [0.25, 0.3) is 0 Å². The van der Waals surface area contributed by atoms with Gasteiger partial charge in [-0.2, -0.15) is 0 Å². The largest absolute Gasteiger partial charge is 0.317 e. The molecule has 0 saturated carbocycles. The molecule has 1 rings (SSSR count). The van der Waals surface area contributed by atoms with Crippen LogP contribution in [0.4, 0.5) is 0 Å². The Hall–Kier alpha value is -0.430. The van der Waals surface area contributed by atoms with E-state index < -0.39 is 10.0 Å². The molecule has 1 aromatic rings. The van der Waals surface area contributed by atoms with Gasteiger partial charge in [-0.15, -0.1) is 11.3 Å². The molecule has 0 radical (unpaired) electrons. The first kappa shape index (κ1) is 16.6. The van der Waals surface area contributed by atoms with Crippen molar-refractivity contribution >= 4 is 21.4 Å². The lowest BCUT2D eigenvalue weighted by Gasteiger charge is -2.11. The SMILES string of the molecule is CCCC(C)NS(=O)(=O)c1ccc(CCNCC)s1. The van der Waals surface area contributed by atoms with Gasteiger partial charge in [-0.1, -0.05) is 20.3 Å². The van der Waals surface area contributed by atoms with Gasteiger partial charge < -0.3 is 5.32 Å². The summed E-state index contributed by atoms with van der Waals surface area (Å²) in [5.41, 5.74) is 0. The van der Waals surface area contributed by atoms with Crippen LogP contribution in [0.2, 0.25) is 0 Å². The van der Waals surface area contributed by atoms with Gasteiger partial charge in [0.2, 0.25) is 10.0 Å². The Labute approximate surface area is 120 Å². The van der Waals surface area contributed by atoms with Crippen molar-refractivity contribution in [2.45, 2.75) is 50.3 Å². The van der Waals surface area contributed by atoms with E-state index in [1.165, 1.54) is 11.3 Å². The van der Waals surface area contributed by atoms with Crippen LogP contribution in [-0.2, 0) is 16.4 Å². The van der Waals surface area contributed by atoms with Crippen LogP contribution in [0.3, 0.4) is 0 Å². The van der Waals surface area contributed by atoms with Crippen LogP contribution in [-0.4, -0.2) is 27.5 Å². The van der Waals surface area contributed by atoms with Gasteiger partial charge >= 0.3 is 0 Å². The van der Waals surface area contributed by atoms with Crippen LogP contribution in [0, 0.1) is 0 Å². The number of thiophene rings is 1. The Morgan fingerprint density at radius 3 is 2.68 bits per heavy atom. The lowest BCUT2D eigenvalue weighted by Crippen LogP contribution is -2.31. The van der Waals surface area contributed by atoms with E-state index in [2.05, 4.69) is 23.9 Å². The summed E-state index contributed by atoms with van der Waals surface area (Å²) in [5, 5.41) is 3.24. The molecule has 1 atom stereocenters. The molecule has 0 bridgehead atoms. The Bertz CT molecular complexity index is 469. The molecule has 0 fully saturated rings. The highest BCUT2D eigenvalue weighted by Crippen LogP contribution is 2.22. The fourth-order valence-corrected chi connectivity index (χ4v) is 4.49. The minimum absolute atomic E-state index is 0.0118. The molecule has 0 aromatic carbocycles. The molecule has 19 heavy (non-hydrogen) atoms. The predicted octanol–water partition coefficient (Wildman–Crippen LogP) is 2.37. The molecule has 0 aliphatic heterocycles. The van der Waals surface area contributed by atoms with Crippen molar-refractivity contribution < 1.29 is 8.42 Å². The Balaban J connectivity index is 2.63. The molecule has 110 valence electrons. The molecule has 4 nitrogen and oxygen atoms in total. The molecular formula is C13H24N2O2S2. The highest BCUT2D eigenvalue weighted by molar-refractivity contribution is 7.91. The molecule has 1 unspecified atom stereocenters. The smallest absolute Gasteiger partial charge is 0.250 e. The molecule has 0 spiro atoms. The van der Waals surface area contributed by atoms with E-state index in [9.17, 15) is 8.42 Å². The second-order valence-corrected chi connectivity index (χ2v) is 7.74. The van der Waals surface area contributed by atoms with Crippen LogP contribution in [0.15, 0.2) is 16.3 Å². The normalized spacial score (nSPS) is 13.6. The van der Waals surface area contributed by atoms with Crippen molar-refractivity contribution in [3.63, 3.8) is 0 Å². The van der Waals surface area contributed by atoms with E-state index in [0.717, 1.165) is 37.2 Å². The van der Waals surface area contributed by atoms with E-state index in [-0.39, 0.29) is 6.04 Å². The maximum atomic E-state index is 12.1. The Morgan fingerprint density at radius 2 is 2.05 bits per heavy atom. The number of nitrogens with one attached hydrogen (secondary N) is 2. The van der Waals surface area contributed by atoms with Crippen molar-refractivity contribution in [1.82, 2.24) is 10.0 Å². The van der Waals surface area contributed by atoms with Gasteiger partial charge in [0, 0.05) is 10.9 Å². The zero-order valence-electron chi connectivity index (χ0n) is 11.9. The van der Waals surface area contributed by atoms with Gasteiger partial charge in [-0.05, 0) is 45.0 Å². The highest BCUT2D eigenvalue weighted by Gasteiger charge is 2.18. The average Bonchev–Trinajstić information content (AvgIpc) is 2.78. The van der Waals surface area contributed by atoms with Crippen molar-refractivity contribution in [2.24, 2.45) is 0 Å². The summed E-state index contributed by atoms with van der Waals surface area (Å²) in [7, 11) is -3.34. The molecular weight excluding hydrogens is 280 g/mol. The topological polar surface area (TPSA) is 58.2 Å². The molecule has 0 amide bonds. The van der Waals surface area contributed by atoms with Crippen molar-refractivity contribution in [3.8, 4) is 0 Å². The van der Waals surface area contributed by atoms with E-state index in [1.807, 2.05) is 13.0 Å². The summed E-state index contributed by atoms with van der Waals surface area (Å²) < 4.78 is 27.4. The fourth-order valence-electron chi connectivity index (χ4n) is 1.84. The standard InChI is InChI=1S/C13H24N2O2S2/c1-4-6-11(3)15-19(16,17)13-8-7-12(18-13)9-10-14-5-2/h7-8,11,14-15H,4-6,9-10H2,1-3H3. The van der Waals surface area contributed by atoms with E-state index in [1.54, 1.807) is 6.07 Å². The van der Waals surface area contributed by atoms with E-state index >= 15 is 0 Å². The summed E-state index contributed by atoms with van der Waals surface area (Å²) in [5.74, 6) is 0. The van der Waals surface area contributed by atoms with E-state index in [0.29, 0.717) is 4.21 Å². The highest BCUT2D eigenvalue weighted by atomic mass is 32.2. The first-order valence-corrected chi connectivity index (χ1v) is 9.11. The zero-order valence-corrected chi connectivity index (χ0v) is 13.5. The minimum Gasteiger partial charge on any atom is -0.317 e. The van der Waals surface area contributed by atoms with Crippen LogP contribution < -0.4 is 10.0 Å². The maximum Gasteiger partial charge on any atom is 0.250 e. The Kier molecular flexibility index (Phi) is 6.99. The second-order valence-electron chi connectivity index (χ2n) is 4.64. The molecule has 0 saturated heterocycles. The van der Waals surface area contributed by atoms with Gasteiger partial charge in [-0.25, -0.2) is 13.1 Å². The third kappa shape index (κ3) is 5.60. The quantitative estimate of drug-likeness (QED) is 0.689. The summed E-state index contributed by atoms with van der Waals surface area (Å²) in [4.78, 5) is 1.10. The summed E-state index contributed by atoms with van der Waals surface area (Å²) in [6.45, 7) is 7.83. The summed E-state index contributed by atoms with van der Waals surface area (Å²) in [6.07, 6.45) is 2.71. The van der Waals surface area contributed by atoms with Crippen LogP contribution >= 0.6 is 11.3 Å². The minimum atomic E-state index is -3.34. The van der Waals surface area contributed by atoms with Gasteiger partial charge in [0.25, 0.3) is 0 Å². The van der Waals surface area contributed by atoms with Gasteiger partial charge in [0.15, 0.2) is 0 Å². The molecule has 1 heterocycles. The number of rotatable bonds is 9. The molecule has 0 aliphatic carbocycles. The molecule has 1 aromatic heterocycles. The maximum absolute atomic E-state index is 12.1. The second kappa shape index (κ2) is 7.99. The molecule has 0 aliphatic rings. The fraction of sp³-hybridized carbons (Fsp3) is 0.692. The van der Waals surface area contributed by atoms with Crippen LogP contribution in [0.5, 0.6) is 0 Å². The monoisotopic (exact) mass is 304 g/mol. The summed E-state index contributed by atoms with van der Waals surface area (Å²) >= 11 is 1.36. The number of likely N-dealkylation sites (N-methyl/N-ethyl adjacent to an activating group) is 1. The number of hydrogen-bond donors (Lipinski definition) is 2. The Morgan fingerprint density at radius 1 is 1.32 bits per heavy atom. The average molecular weight is 304 g/mol. The van der Waals surface area contributed by atoms with E-state index in [4.69, 9.17) is 0 Å². The lowest BCUT2D eigenvalue weighted by atomic mass is 10.2. The van der Waals surface area contributed by atoms with Gasteiger partial charge in [0.1, 0.15) is 4.21 Å². The molecule has 6 heteroatoms. The van der Waals surface area contributed by atoms with Crippen molar-refractivity contribution in [2.75, 3.05) is 13.1 Å². The summed E-state index contributed by atoms with van der Waals surface area (Å²) in [6, 6.07) is 3.59.